The number of carbonyl (C=O) groups excluding carboxylic acids is 1. The predicted molar refractivity (Wildman–Crippen MR) is 96.9 cm³/mol. The third-order valence-corrected chi connectivity index (χ3v) is 5.18. The van der Waals surface area contributed by atoms with E-state index in [1.165, 1.54) is 5.56 Å². The van der Waals surface area contributed by atoms with E-state index in [2.05, 4.69) is 43.2 Å². The van der Waals surface area contributed by atoms with Crippen molar-refractivity contribution in [3.8, 4) is 0 Å². The number of urea groups is 1. The molecule has 0 aromatic heterocycles. The Bertz CT molecular complexity index is 601. The number of hydrogen-bond acceptors (Lipinski definition) is 2. The first kappa shape index (κ1) is 17.0. The molecule has 2 aliphatic rings. The first-order valence-electron chi connectivity index (χ1n) is 8.80. The Balaban J connectivity index is 1.34. The zero-order valence-electron chi connectivity index (χ0n) is 14.7. The fourth-order valence-corrected chi connectivity index (χ4v) is 4.08. The van der Waals surface area contributed by atoms with Crippen LogP contribution < -0.4 is 10.6 Å². The van der Waals surface area contributed by atoms with Gasteiger partial charge in [0.1, 0.15) is 0 Å². The molecule has 1 spiro atoms. The lowest BCUT2D eigenvalue weighted by atomic mass is 9.63. The first-order valence-corrected chi connectivity index (χ1v) is 8.80. The van der Waals surface area contributed by atoms with Gasteiger partial charge in [-0.15, -0.1) is 0 Å². The molecule has 4 heteroatoms. The van der Waals surface area contributed by atoms with Crippen molar-refractivity contribution in [3.63, 3.8) is 0 Å². The smallest absolute Gasteiger partial charge is 0.315 e. The Morgan fingerprint density at radius 2 is 2.04 bits per heavy atom. The molecule has 1 saturated heterocycles. The quantitative estimate of drug-likeness (QED) is 0.869. The molecule has 130 valence electrons. The largest absolute Gasteiger partial charge is 0.375 e. The highest BCUT2D eigenvalue weighted by atomic mass is 16.5. The van der Waals surface area contributed by atoms with Gasteiger partial charge in [-0.2, -0.15) is 0 Å². The van der Waals surface area contributed by atoms with Gasteiger partial charge in [0.2, 0.25) is 0 Å². The highest BCUT2D eigenvalue weighted by Gasteiger charge is 2.52. The number of hydrogen-bond donors (Lipinski definition) is 2. The molecule has 4 nitrogen and oxygen atoms in total. The van der Waals surface area contributed by atoms with Crippen LogP contribution in [0.2, 0.25) is 0 Å². The molecule has 0 atom stereocenters. The van der Waals surface area contributed by atoms with Gasteiger partial charge in [0.05, 0.1) is 12.2 Å². The van der Waals surface area contributed by atoms with E-state index in [-0.39, 0.29) is 17.7 Å². The predicted octanol–water partition coefficient (Wildman–Crippen LogP) is 3.52. The molecular weight excluding hydrogens is 300 g/mol. The second kappa shape index (κ2) is 6.60. The summed E-state index contributed by atoms with van der Waals surface area (Å²) in [6.45, 7) is 9.53. The molecule has 3 rings (SSSR count). The standard InChI is InChI=1S/C20H28N2O2/c1-4-15-5-7-16(8-6-15)9-10-21-18(23)22-17-11-20(12-17)13-19(2,3)24-14-20/h4-8,17H,1,9-14H2,2-3H3,(H2,21,22,23). The van der Waals surface area contributed by atoms with Crippen LogP contribution in [0.3, 0.4) is 0 Å². The van der Waals surface area contributed by atoms with E-state index in [0.29, 0.717) is 12.0 Å². The van der Waals surface area contributed by atoms with Gasteiger partial charge in [0.25, 0.3) is 0 Å². The van der Waals surface area contributed by atoms with E-state index >= 15 is 0 Å². The molecule has 0 bridgehead atoms. The Labute approximate surface area is 144 Å². The van der Waals surface area contributed by atoms with E-state index in [9.17, 15) is 4.79 Å². The molecule has 24 heavy (non-hydrogen) atoms. The van der Waals surface area contributed by atoms with Crippen molar-refractivity contribution < 1.29 is 9.53 Å². The molecule has 0 unspecified atom stereocenters. The summed E-state index contributed by atoms with van der Waals surface area (Å²) in [5.74, 6) is 0. The summed E-state index contributed by atoms with van der Waals surface area (Å²) in [4.78, 5) is 12.0. The minimum Gasteiger partial charge on any atom is -0.375 e. The minimum atomic E-state index is -0.0595. The van der Waals surface area contributed by atoms with Crippen LogP contribution >= 0.6 is 0 Å². The number of carbonyl (C=O) groups is 1. The van der Waals surface area contributed by atoms with Gasteiger partial charge < -0.3 is 15.4 Å². The van der Waals surface area contributed by atoms with Crippen LogP contribution in [0.4, 0.5) is 4.79 Å². The van der Waals surface area contributed by atoms with Crippen LogP contribution in [0.25, 0.3) is 6.08 Å². The fraction of sp³-hybridized carbons (Fsp3) is 0.550. The zero-order valence-corrected chi connectivity index (χ0v) is 14.7. The first-order chi connectivity index (χ1) is 11.4. The molecule has 1 aliphatic heterocycles. The van der Waals surface area contributed by atoms with Crippen LogP contribution in [0.5, 0.6) is 0 Å². The van der Waals surface area contributed by atoms with Crippen molar-refractivity contribution in [3.05, 3.63) is 42.0 Å². The molecule has 1 aromatic rings. The SMILES string of the molecule is C=Cc1ccc(CCNC(=O)NC2CC3(COC(C)(C)C3)C2)cc1. The number of ether oxygens (including phenoxy) is 1. The summed E-state index contributed by atoms with van der Waals surface area (Å²) in [5, 5.41) is 6.03. The normalized spacial score (nSPS) is 27.5. The number of nitrogens with one attached hydrogen (secondary N) is 2. The average molecular weight is 328 g/mol. The Hall–Kier alpha value is -1.81. The summed E-state index contributed by atoms with van der Waals surface area (Å²) >= 11 is 0. The van der Waals surface area contributed by atoms with Crippen LogP contribution in [0.1, 0.15) is 44.2 Å². The topological polar surface area (TPSA) is 50.4 Å². The second-order valence-electron chi connectivity index (χ2n) is 7.93. The minimum absolute atomic E-state index is 0.00558. The molecule has 2 amide bonds. The number of rotatable bonds is 5. The molecule has 1 aliphatic carbocycles. The summed E-state index contributed by atoms with van der Waals surface area (Å²) in [7, 11) is 0. The molecule has 1 aromatic carbocycles. The van der Waals surface area contributed by atoms with E-state index in [1.807, 2.05) is 18.2 Å². The maximum atomic E-state index is 12.0. The van der Waals surface area contributed by atoms with Gasteiger partial charge >= 0.3 is 6.03 Å². The van der Waals surface area contributed by atoms with Crippen molar-refractivity contribution >= 4 is 12.1 Å². The van der Waals surface area contributed by atoms with Gasteiger partial charge in [0, 0.05) is 18.0 Å². The summed E-state index contributed by atoms with van der Waals surface area (Å²) in [5.41, 5.74) is 2.62. The van der Waals surface area contributed by atoms with E-state index < -0.39 is 0 Å². The van der Waals surface area contributed by atoms with E-state index in [1.54, 1.807) is 0 Å². The monoisotopic (exact) mass is 328 g/mol. The molecule has 0 radical (unpaired) electrons. The third kappa shape index (κ3) is 3.99. The van der Waals surface area contributed by atoms with Crippen molar-refractivity contribution in [2.24, 2.45) is 5.41 Å². The van der Waals surface area contributed by atoms with Crippen molar-refractivity contribution in [2.75, 3.05) is 13.2 Å². The van der Waals surface area contributed by atoms with Crippen LogP contribution in [0.15, 0.2) is 30.8 Å². The molecular formula is C20H28N2O2. The molecule has 1 saturated carbocycles. The van der Waals surface area contributed by atoms with Gasteiger partial charge in [-0.05, 0) is 50.7 Å². The van der Waals surface area contributed by atoms with Gasteiger partial charge in [-0.3, -0.25) is 0 Å². The lowest BCUT2D eigenvalue weighted by Gasteiger charge is -2.44. The summed E-state index contributed by atoms with van der Waals surface area (Å²) in [6, 6.07) is 8.47. The third-order valence-electron chi connectivity index (χ3n) is 5.18. The van der Waals surface area contributed by atoms with E-state index in [4.69, 9.17) is 4.74 Å². The molecule has 2 N–H and O–H groups in total. The lowest BCUT2D eigenvalue weighted by molar-refractivity contribution is 0.0188. The molecule has 1 heterocycles. The number of amides is 2. The maximum absolute atomic E-state index is 12.0. The summed E-state index contributed by atoms with van der Waals surface area (Å²) < 4.78 is 5.85. The van der Waals surface area contributed by atoms with Crippen LogP contribution in [-0.2, 0) is 11.2 Å². The van der Waals surface area contributed by atoms with Gasteiger partial charge in [0.15, 0.2) is 0 Å². The van der Waals surface area contributed by atoms with E-state index in [0.717, 1.165) is 37.9 Å². The van der Waals surface area contributed by atoms with Crippen LogP contribution in [0, 0.1) is 5.41 Å². The highest BCUT2D eigenvalue weighted by Crippen LogP contribution is 2.52. The number of benzene rings is 1. The second-order valence-corrected chi connectivity index (χ2v) is 7.93. The van der Waals surface area contributed by atoms with Crippen LogP contribution in [-0.4, -0.2) is 30.8 Å². The maximum Gasteiger partial charge on any atom is 0.315 e. The highest BCUT2D eigenvalue weighted by molar-refractivity contribution is 5.74. The Morgan fingerprint density at radius 1 is 1.33 bits per heavy atom. The summed E-state index contributed by atoms with van der Waals surface area (Å²) in [6.07, 6.45) is 5.83. The Kier molecular flexibility index (Phi) is 4.68. The van der Waals surface area contributed by atoms with Crippen molar-refractivity contribution in [1.29, 1.82) is 0 Å². The van der Waals surface area contributed by atoms with Gasteiger partial charge in [-0.1, -0.05) is 36.9 Å². The molecule has 2 fully saturated rings. The lowest BCUT2D eigenvalue weighted by Crippen LogP contribution is -2.53. The fourth-order valence-electron chi connectivity index (χ4n) is 4.08. The van der Waals surface area contributed by atoms with Crippen molar-refractivity contribution in [1.82, 2.24) is 10.6 Å². The average Bonchev–Trinajstić information content (AvgIpc) is 2.83. The Morgan fingerprint density at radius 3 is 2.62 bits per heavy atom. The van der Waals surface area contributed by atoms with Crippen molar-refractivity contribution in [2.45, 2.75) is 51.2 Å². The van der Waals surface area contributed by atoms with Gasteiger partial charge in [-0.25, -0.2) is 4.79 Å². The zero-order chi connectivity index (χ0) is 17.2.